The molecule has 0 aromatic carbocycles. The van der Waals surface area contributed by atoms with E-state index in [1.807, 2.05) is 6.07 Å². The molecule has 0 aliphatic carbocycles. The zero-order valence-corrected chi connectivity index (χ0v) is 20.1. The van der Waals surface area contributed by atoms with Gasteiger partial charge in [0.25, 0.3) is 5.91 Å². The van der Waals surface area contributed by atoms with Gasteiger partial charge in [-0.3, -0.25) is 14.5 Å². The van der Waals surface area contributed by atoms with E-state index in [-0.39, 0.29) is 16.9 Å². The van der Waals surface area contributed by atoms with Crippen molar-refractivity contribution in [3.05, 3.63) is 24.2 Å². The maximum absolute atomic E-state index is 12.9. The first-order valence-electron chi connectivity index (χ1n) is 11.2. The molecule has 1 aliphatic heterocycles. The van der Waals surface area contributed by atoms with Crippen molar-refractivity contribution in [2.24, 2.45) is 0 Å². The van der Waals surface area contributed by atoms with Crippen LogP contribution in [0.15, 0.2) is 22.8 Å². The van der Waals surface area contributed by atoms with Crippen LogP contribution >= 0.6 is 0 Å². The second-order valence-electron chi connectivity index (χ2n) is 9.73. The fourth-order valence-corrected chi connectivity index (χ4v) is 4.66. The van der Waals surface area contributed by atoms with Gasteiger partial charge < -0.3 is 8.84 Å². The van der Waals surface area contributed by atoms with Gasteiger partial charge in [0.05, 0.1) is 6.26 Å². The highest BCUT2D eigenvalue weighted by molar-refractivity contribution is 6.74. The van der Waals surface area contributed by atoms with E-state index in [2.05, 4.69) is 40.8 Å². The molecule has 1 fully saturated rings. The quantitative estimate of drug-likeness (QED) is 0.242. The average Bonchev–Trinajstić information content (AvgIpc) is 3.15. The number of imide groups is 1. The topological polar surface area (TPSA) is 59.8 Å². The predicted molar refractivity (Wildman–Crippen MR) is 118 cm³/mol. The molecular weight excluding hydrogens is 382 g/mol. The molecular formula is C23H39NO4Si. The standard InChI is InChI=1S/C23H39NO4Si/c1-7-8-9-10-11-12-13-16-19(25)24-20(18-15-14-17-27-18)21(22(24)26)28-29(5,6)23(2,3)4/h14-15,17,20-21H,7-13,16H2,1-6H3/t20-,21+/m0/s1. The number of carbonyl (C=O) groups is 2. The molecule has 2 heterocycles. The molecule has 2 amide bonds. The molecule has 2 atom stereocenters. The molecule has 1 aromatic heterocycles. The summed E-state index contributed by atoms with van der Waals surface area (Å²) < 4.78 is 11.9. The van der Waals surface area contributed by atoms with Gasteiger partial charge in [-0.25, -0.2) is 0 Å². The Hall–Kier alpha value is -1.40. The number of amides is 2. The summed E-state index contributed by atoms with van der Waals surface area (Å²) in [7, 11) is -2.15. The second kappa shape index (κ2) is 10.1. The number of nitrogens with zero attached hydrogens (tertiary/aromatic N) is 1. The van der Waals surface area contributed by atoms with Gasteiger partial charge in [-0.1, -0.05) is 66.2 Å². The van der Waals surface area contributed by atoms with Crippen LogP contribution in [-0.2, 0) is 14.0 Å². The van der Waals surface area contributed by atoms with Crippen LogP contribution in [0.1, 0.15) is 90.9 Å². The van der Waals surface area contributed by atoms with E-state index >= 15 is 0 Å². The fraction of sp³-hybridized carbons (Fsp3) is 0.739. The lowest BCUT2D eigenvalue weighted by molar-refractivity contribution is -0.175. The first-order valence-corrected chi connectivity index (χ1v) is 14.1. The van der Waals surface area contributed by atoms with Gasteiger partial charge in [0, 0.05) is 6.42 Å². The summed E-state index contributed by atoms with van der Waals surface area (Å²) in [6.07, 6.45) is 9.39. The molecule has 6 heteroatoms. The summed E-state index contributed by atoms with van der Waals surface area (Å²) in [4.78, 5) is 27.1. The smallest absolute Gasteiger partial charge is 0.260 e. The van der Waals surface area contributed by atoms with E-state index in [4.69, 9.17) is 8.84 Å². The predicted octanol–water partition coefficient (Wildman–Crippen LogP) is 6.22. The average molecular weight is 422 g/mol. The maximum atomic E-state index is 12.9. The molecule has 164 valence electrons. The number of β-lactam (4-membered cyclic amide) rings is 1. The minimum Gasteiger partial charge on any atom is -0.467 e. The molecule has 0 spiro atoms. The molecule has 5 nitrogen and oxygen atoms in total. The molecule has 29 heavy (non-hydrogen) atoms. The van der Waals surface area contributed by atoms with Crippen LogP contribution in [0.25, 0.3) is 0 Å². The van der Waals surface area contributed by atoms with Crippen molar-refractivity contribution in [1.82, 2.24) is 4.90 Å². The number of hydrogen-bond donors (Lipinski definition) is 0. The number of furan rings is 1. The van der Waals surface area contributed by atoms with Crippen LogP contribution in [0.4, 0.5) is 0 Å². The van der Waals surface area contributed by atoms with E-state index < -0.39 is 20.5 Å². The summed E-state index contributed by atoms with van der Waals surface area (Å²) in [5, 5.41) is -0.0107. The zero-order chi connectivity index (χ0) is 21.7. The minimum atomic E-state index is -2.15. The maximum Gasteiger partial charge on any atom is 0.260 e. The normalized spacial score (nSPS) is 20.1. The van der Waals surface area contributed by atoms with Gasteiger partial charge in [0.15, 0.2) is 14.4 Å². The summed E-state index contributed by atoms with van der Waals surface area (Å²) in [5.41, 5.74) is 0. The second-order valence-corrected chi connectivity index (χ2v) is 14.5. The van der Waals surface area contributed by atoms with E-state index in [1.54, 1.807) is 12.3 Å². The molecule has 1 saturated heterocycles. The Kier molecular flexibility index (Phi) is 8.29. The monoisotopic (exact) mass is 421 g/mol. The number of unbranched alkanes of at least 4 members (excludes halogenated alkanes) is 6. The highest BCUT2D eigenvalue weighted by Gasteiger charge is 2.56. The fourth-order valence-electron chi connectivity index (χ4n) is 3.44. The van der Waals surface area contributed by atoms with Crippen molar-refractivity contribution in [3.63, 3.8) is 0 Å². The third-order valence-electron chi connectivity index (χ3n) is 6.37. The van der Waals surface area contributed by atoms with Gasteiger partial charge in [-0.05, 0) is 36.7 Å². The molecule has 1 aliphatic rings. The zero-order valence-electron chi connectivity index (χ0n) is 19.1. The SMILES string of the molecule is CCCCCCCCCC(=O)N1C(=O)[C@H](O[Si](C)(C)C(C)(C)C)[C@@H]1c1ccco1. The van der Waals surface area contributed by atoms with E-state index in [0.29, 0.717) is 12.2 Å². The van der Waals surface area contributed by atoms with E-state index in [9.17, 15) is 9.59 Å². The van der Waals surface area contributed by atoms with Crippen molar-refractivity contribution < 1.29 is 18.4 Å². The van der Waals surface area contributed by atoms with Gasteiger partial charge in [-0.15, -0.1) is 0 Å². The highest BCUT2D eigenvalue weighted by atomic mass is 28.4. The summed E-state index contributed by atoms with van der Waals surface area (Å²) in [5.74, 6) is 0.297. The van der Waals surface area contributed by atoms with Gasteiger partial charge in [-0.2, -0.15) is 0 Å². The van der Waals surface area contributed by atoms with Crippen molar-refractivity contribution in [3.8, 4) is 0 Å². The van der Waals surface area contributed by atoms with Crippen LogP contribution < -0.4 is 0 Å². The molecule has 0 N–H and O–H groups in total. The molecule has 0 saturated carbocycles. The third-order valence-corrected chi connectivity index (χ3v) is 10.8. The minimum absolute atomic E-state index is 0.0107. The Morgan fingerprint density at radius 1 is 1.14 bits per heavy atom. The number of hydrogen-bond acceptors (Lipinski definition) is 4. The Morgan fingerprint density at radius 2 is 1.76 bits per heavy atom. The number of likely N-dealkylation sites (tertiary alicyclic amines) is 1. The summed E-state index contributed by atoms with van der Waals surface area (Å²) >= 11 is 0. The Bertz CT molecular complexity index is 663. The van der Waals surface area contributed by atoms with Gasteiger partial charge in [0.1, 0.15) is 11.8 Å². The molecule has 2 rings (SSSR count). The van der Waals surface area contributed by atoms with Crippen molar-refractivity contribution in [1.29, 1.82) is 0 Å². The number of carbonyl (C=O) groups excluding carboxylic acids is 2. The van der Waals surface area contributed by atoms with Crippen LogP contribution in [-0.4, -0.2) is 31.1 Å². The first kappa shape index (κ1) is 23.9. The first-order chi connectivity index (χ1) is 13.6. The summed E-state index contributed by atoms with van der Waals surface area (Å²) in [6.45, 7) is 12.9. The van der Waals surface area contributed by atoms with Crippen LogP contribution in [0, 0.1) is 0 Å². The van der Waals surface area contributed by atoms with Gasteiger partial charge >= 0.3 is 0 Å². The van der Waals surface area contributed by atoms with Crippen LogP contribution in [0.5, 0.6) is 0 Å². The molecule has 0 radical (unpaired) electrons. The van der Waals surface area contributed by atoms with Crippen molar-refractivity contribution in [2.45, 2.75) is 109 Å². The highest BCUT2D eigenvalue weighted by Crippen LogP contribution is 2.44. The Labute approximate surface area is 177 Å². The lowest BCUT2D eigenvalue weighted by atomic mass is 9.94. The molecule has 0 unspecified atom stereocenters. The molecule has 1 aromatic rings. The van der Waals surface area contributed by atoms with Gasteiger partial charge in [0.2, 0.25) is 5.91 Å². The van der Waals surface area contributed by atoms with E-state index in [1.165, 1.54) is 30.6 Å². The number of rotatable bonds is 11. The largest absolute Gasteiger partial charge is 0.467 e. The van der Waals surface area contributed by atoms with Crippen LogP contribution in [0.3, 0.4) is 0 Å². The van der Waals surface area contributed by atoms with Crippen molar-refractivity contribution in [2.75, 3.05) is 0 Å². The third kappa shape index (κ3) is 5.82. The lowest BCUT2D eigenvalue weighted by Gasteiger charge is -2.49. The Morgan fingerprint density at radius 3 is 2.31 bits per heavy atom. The van der Waals surface area contributed by atoms with Crippen LogP contribution in [0.2, 0.25) is 18.1 Å². The Balaban J connectivity index is 1.97. The van der Waals surface area contributed by atoms with Crippen molar-refractivity contribution >= 4 is 20.1 Å². The summed E-state index contributed by atoms with van der Waals surface area (Å²) in [6, 6.07) is 3.18. The molecule has 0 bridgehead atoms. The lowest BCUT2D eigenvalue weighted by Crippen LogP contribution is -2.65. The van der Waals surface area contributed by atoms with E-state index in [0.717, 1.165) is 19.3 Å².